The van der Waals surface area contributed by atoms with E-state index >= 15 is 0 Å². The van der Waals surface area contributed by atoms with E-state index in [9.17, 15) is 0 Å². The van der Waals surface area contributed by atoms with Crippen LogP contribution in [0.4, 0.5) is 0 Å². The van der Waals surface area contributed by atoms with E-state index in [1.54, 1.807) is 0 Å². The molecule has 0 saturated carbocycles. The minimum absolute atomic E-state index is 0.241. The Kier molecular flexibility index (Phi) is 3.04. The lowest BCUT2D eigenvalue weighted by Gasteiger charge is -2.24. The van der Waals surface area contributed by atoms with Gasteiger partial charge in [0.15, 0.2) is 0 Å². The Morgan fingerprint density at radius 2 is 2.21 bits per heavy atom. The van der Waals surface area contributed by atoms with Crippen LogP contribution in [0.15, 0.2) is 24.3 Å². The van der Waals surface area contributed by atoms with E-state index in [0.717, 1.165) is 31.8 Å². The van der Waals surface area contributed by atoms with Crippen LogP contribution in [0.3, 0.4) is 0 Å². The summed E-state index contributed by atoms with van der Waals surface area (Å²) >= 11 is 0. The molecule has 1 fully saturated rings. The third-order valence-corrected chi connectivity index (χ3v) is 2.51. The van der Waals surface area contributed by atoms with E-state index in [-0.39, 0.29) is 6.10 Å². The van der Waals surface area contributed by atoms with Gasteiger partial charge in [0.1, 0.15) is 11.9 Å². The Bertz CT molecular complexity index is 290. The minimum atomic E-state index is 0.241. The van der Waals surface area contributed by atoms with Crippen LogP contribution in [0.2, 0.25) is 0 Å². The van der Waals surface area contributed by atoms with Crippen LogP contribution in [-0.4, -0.2) is 19.3 Å². The maximum absolute atomic E-state index is 5.86. The monoisotopic (exact) mass is 192 g/mol. The van der Waals surface area contributed by atoms with Crippen molar-refractivity contribution in [3.63, 3.8) is 0 Å². The fourth-order valence-electron chi connectivity index (χ4n) is 1.67. The zero-order valence-corrected chi connectivity index (χ0v) is 8.53. The van der Waals surface area contributed by atoms with Crippen molar-refractivity contribution in [2.24, 2.45) is 0 Å². The number of ether oxygens (including phenoxy) is 2. The standard InChI is InChI=1S/C12H16O2/c1-10-5-2-3-7-12(10)14-11-6-4-8-13-9-11/h2-3,5,7,11H,4,6,8-9H2,1H3. The van der Waals surface area contributed by atoms with Gasteiger partial charge < -0.3 is 9.47 Å². The molecule has 0 aromatic heterocycles. The number of aryl methyl sites for hydroxylation is 1. The second-order valence-electron chi connectivity index (χ2n) is 3.72. The van der Waals surface area contributed by atoms with Crippen LogP contribution in [0.25, 0.3) is 0 Å². The predicted molar refractivity (Wildman–Crippen MR) is 55.6 cm³/mol. The van der Waals surface area contributed by atoms with Crippen molar-refractivity contribution in [3.8, 4) is 5.75 Å². The lowest BCUT2D eigenvalue weighted by Crippen LogP contribution is -2.28. The summed E-state index contributed by atoms with van der Waals surface area (Å²) in [4.78, 5) is 0. The summed E-state index contributed by atoms with van der Waals surface area (Å²) in [6, 6.07) is 8.12. The maximum atomic E-state index is 5.86. The molecule has 1 aliphatic heterocycles. The molecule has 2 rings (SSSR count). The van der Waals surface area contributed by atoms with Crippen molar-refractivity contribution in [2.45, 2.75) is 25.9 Å². The van der Waals surface area contributed by atoms with E-state index < -0.39 is 0 Å². The number of hydrogen-bond acceptors (Lipinski definition) is 2. The Hall–Kier alpha value is -1.02. The van der Waals surface area contributed by atoms with Crippen LogP contribution in [0, 0.1) is 6.92 Å². The van der Waals surface area contributed by atoms with Gasteiger partial charge in [-0.15, -0.1) is 0 Å². The average Bonchev–Trinajstić information content (AvgIpc) is 2.23. The molecule has 0 radical (unpaired) electrons. The molecule has 1 aromatic carbocycles. The quantitative estimate of drug-likeness (QED) is 0.717. The first-order valence-corrected chi connectivity index (χ1v) is 5.16. The topological polar surface area (TPSA) is 18.5 Å². The molecule has 0 N–H and O–H groups in total. The van der Waals surface area contributed by atoms with Crippen LogP contribution in [-0.2, 0) is 4.74 Å². The van der Waals surface area contributed by atoms with Gasteiger partial charge in [0, 0.05) is 6.61 Å². The highest BCUT2D eigenvalue weighted by Crippen LogP contribution is 2.20. The highest BCUT2D eigenvalue weighted by atomic mass is 16.5. The number of para-hydroxylation sites is 1. The van der Waals surface area contributed by atoms with Crippen molar-refractivity contribution in [2.75, 3.05) is 13.2 Å². The van der Waals surface area contributed by atoms with Crippen molar-refractivity contribution >= 4 is 0 Å². The van der Waals surface area contributed by atoms with Gasteiger partial charge in [0.05, 0.1) is 6.61 Å². The van der Waals surface area contributed by atoms with E-state index in [0.29, 0.717) is 0 Å². The zero-order chi connectivity index (χ0) is 9.80. The Morgan fingerprint density at radius 3 is 2.93 bits per heavy atom. The average molecular weight is 192 g/mol. The lowest BCUT2D eigenvalue weighted by atomic mass is 10.1. The van der Waals surface area contributed by atoms with Gasteiger partial charge in [-0.3, -0.25) is 0 Å². The second kappa shape index (κ2) is 4.47. The molecule has 1 heterocycles. The molecule has 0 bridgehead atoms. The normalized spacial score (nSPS) is 21.9. The molecule has 1 saturated heterocycles. The van der Waals surface area contributed by atoms with E-state index in [1.807, 2.05) is 18.2 Å². The summed E-state index contributed by atoms with van der Waals surface area (Å²) in [5.74, 6) is 0.989. The molecule has 0 spiro atoms. The SMILES string of the molecule is Cc1ccccc1OC1CCCOC1. The largest absolute Gasteiger partial charge is 0.488 e. The highest BCUT2D eigenvalue weighted by Gasteiger charge is 2.15. The smallest absolute Gasteiger partial charge is 0.122 e. The summed E-state index contributed by atoms with van der Waals surface area (Å²) in [7, 11) is 0. The van der Waals surface area contributed by atoms with Gasteiger partial charge in [-0.05, 0) is 31.4 Å². The number of rotatable bonds is 2. The highest BCUT2D eigenvalue weighted by molar-refractivity contribution is 5.31. The summed E-state index contributed by atoms with van der Waals surface area (Å²) in [5.41, 5.74) is 1.19. The summed E-state index contributed by atoms with van der Waals surface area (Å²) in [5, 5.41) is 0. The fraction of sp³-hybridized carbons (Fsp3) is 0.500. The molecule has 1 unspecified atom stereocenters. The van der Waals surface area contributed by atoms with Crippen molar-refractivity contribution in [1.82, 2.24) is 0 Å². The van der Waals surface area contributed by atoms with E-state index in [1.165, 1.54) is 5.56 Å². The third-order valence-electron chi connectivity index (χ3n) is 2.51. The van der Waals surface area contributed by atoms with Crippen molar-refractivity contribution in [1.29, 1.82) is 0 Å². The Labute approximate surface area is 84.8 Å². The first-order valence-electron chi connectivity index (χ1n) is 5.16. The number of hydrogen-bond donors (Lipinski definition) is 0. The van der Waals surface area contributed by atoms with Gasteiger partial charge in [-0.2, -0.15) is 0 Å². The van der Waals surface area contributed by atoms with Gasteiger partial charge >= 0.3 is 0 Å². The molecule has 2 nitrogen and oxygen atoms in total. The summed E-state index contributed by atoms with van der Waals surface area (Å²) < 4.78 is 11.2. The van der Waals surface area contributed by atoms with Crippen molar-refractivity contribution < 1.29 is 9.47 Å². The third kappa shape index (κ3) is 2.26. The minimum Gasteiger partial charge on any atom is -0.488 e. The maximum Gasteiger partial charge on any atom is 0.122 e. The summed E-state index contributed by atoms with van der Waals surface area (Å²) in [6.45, 7) is 3.68. The fourth-order valence-corrected chi connectivity index (χ4v) is 1.67. The van der Waals surface area contributed by atoms with Crippen LogP contribution >= 0.6 is 0 Å². The van der Waals surface area contributed by atoms with Gasteiger partial charge in [0.25, 0.3) is 0 Å². The number of benzene rings is 1. The van der Waals surface area contributed by atoms with Crippen LogP contribution < -0.4 is 4.74 Å². The Morgan fingerprint density at radius 1 is 1.36 bits per heavy atom. The molecule has 14 heavy (non-hydrogen) atoms. The van der Waals surface area contributed by atoms with Gasteiger partial charge in [-0.25, -0.2) is 0 Å². The van der Waals surface area contributed by atoms with Gasteiger partial charge in [0.2, 0.25) is 0 Å². The van der Waals surface area contributed by atoms with E-state index in [4.69, 9.17) is 9.47 Å². The second-order valence-corrected chi connectivity index (χ2v) is 3.72. The molecular formula is C12H16O2. The molecule has 2 heteroatoms. The molecular weight excluding hydrogens is 176 g/mol. The molecule has 1 aliphatic rings. The predicted octanol–water partition coefficient (Wildman–Crippen LogP) is 2.55. The Balaban J connectivity index is 1.99. The molecule has 0 aliphatic carbocycles. The molecule has 76 valence electrons. The van der Waals surface area contributed by atoms with Gasteiger partial charge in [-0.1, -0.05) is 18.2 Å². The first kappa shape index (κ1) is 9.53. The molecule has 0 amide bonds. The zero-order valence-electron chi connectivity index (χ0n) is 8.53. The summed E-state index contributed by atoms with van der Waals surface area (Å²) in [6.07, 6.45) is 2.45. The first-order chi connectivity index (χ1) is 6.86. The molecule has 1 atom stereocenters. The van der Waals surface area contributed by atoms with E-state index in [2.05, 4.69) is 13.0 Å². The van der Waals surface area contributed by atoms with Crippen LogP contribution in [0.5, 0.6) is 5.75 Å². The lowest BCUT2D eigenvalue weighted by molar-refractivity contribution is 0.00716. The molecule has 1 aromatic rings. The van der Waals surface area contributed by atoms with Crippen molar-refractivity contribution in [3.05, 3.63) is 29.8 Å². The van der Waals surface area contributed by atoms with Crippen LogP contribution in [0.1, 0.15) is 18.4 Å².